The maximum absolute atomic E-state index is 10.6. The van der Waals surface area contributed by atoms with Gasteiger partial charge in [-0.2, -0.15) is 0 Å². The van der Waals surface area contributed by atoms with Crippen LogP contribution in [-0.2, 0) is 0 Å². The molecule has 2 rings (SSSR count). The van der Waals surface area contributed by atoms with Gasteiger partial charge in [0.25, 0.3) is 0 Å². The first-order valence-corrected chi connectivity index (χ1v) is 8.09. The predicted octanol–water partition coefficient (Wildman–Crippen LogP) is 3.95. The summed E-state index contributed by atoms with van der Waals surface area (Å²) in [5.41, 5.74) is 2.92. The number of hydrogen-bond acceptors (Lipinski definition) is 4. The third kappa shape index (κ3) is 4.03. The zero-order valence-electron chi connectivity index (χ0n) is 13.5. The van der Waals surface area contributed by atoms with Crippen LogP contribution in [0, 0.1) is 17.7 Å². The maximum atomic E-state index is 10.6. The van der Waals surface area contributed by atoms with Crippen molar-refractivity contribution in [3.63, 3.8) is 0 Å². The van der Waals surface area contributed by atoms with Crippen molar-refractivity contribution < 1.29 is 0 Å². The van der Waals surface area contributed by atoms with Crippen LogP contribution in [-0.4, -0.2) is 37.6 Å². The van der Waals surface area contributed by atoms with Gasteiger partial charge in [-0.1, -0.05) is 13.8 Å². The molecule has 0 radical (unpaired) electrons. The lowest BCUT2D eigenvalue weighted by molar-refractivity contribution is 0.229. The zero-order valence-corrected chi connectivity index (χ0v) is 13.5. The average Bonchev–Trinajstić information content (AvgIpc) is 2.53. The first-order chi connectivity index (χ1) is 10.2. The van der Waals surface area contributed by atoms with Crippen LogP contribution in [0.1, 0.15) is 32.3 Å². The molecule has 0 bridgehead atoms. The average molecular weight is 289 g/mol. The normalized spacial score (nSPS) is 16.5. The van der Waals surface area contributed by atoms with Crippen molar-refractivity contribution in [3.8, 4) is 0 Å². The Kier molecular flexibility index (Phi) is 5.74. The summed E-state index contributed by atoms with van der Waals surface area (Å²) in [4.78, 5) is 15.6. The number of benzene rings is 1. The maximum Gasteiger partial charge on any atom is 0.108 e. The van der Waals surface area contributed by atoms with Gasteiger partial charge < -0.3 is 9.80 Å². The molecule has 0 saturated carbocycles. The van der Waals surface area contributed by atoms with Gasteiger partial charge in [0.2, 0.25) is 0 Å². The van der Waals surface area contributed by atoms with Crippen LogP contribution in [0.3, 0.4) is 0 Å². The third-order valence-corrected chi connectivity index (χ3v) is 4.65. The Bertz CT molecular complexity index is 463. The van der Waals surface area contributed by atoms with E-state index < -0.39 is 0 Å². The lowest BCUT2D eigenvalue weighted by atomic mass is 9.95. The molecular weight excluding hydrogens is 262 g/mol. The molecule has 116 valence electrons. The fourth-order valence-corrected chi connectivity index (χ4v) is 3.25. The Morgan fingerprint density at radius 3 is 2.43 bits per heavy atom. The first-order valence-electron chi connectivity index (χ1n) is 8.09. The molecule has 1 heterocycles. The van der Waals surface area contributed by atoms with Crippen molar-refractivity contribution in [2.24, 2.45) is 11.1 Å². The number of nitrogens with zero attached hydrogens (tertiary/aromatic N) is 3. The van der Waals surface area contributed by atoms with Gasteiger partial charge in [0.15, 0.2) is 0 Å². The van der Waals surface area contributed by atoms with E-state index in [1.54, 1.807) is 0 Å². The molecule has 0 unspecified atom stereocenters. The smallest absolute Gasteiger partial charge is 0.108 e. The molecule has 0 amide bonds. The number of nitroso groups, excluding NO2 is 1. The van der Waals surface area contributed by atoms with Crippen LogP contribution < -0.4 is 4.90 Å². The molecule has 0 spiro atoms. The minimum Gasteiger partial charge on any atom is -0.371 e. The third-order valence-electron chi connectivity index (χ3n) is 4.65. The van der Waals surface area contributed by atoms with E-state index in [-0.39, 0.29) is 0 Å². The van der Waals surface area contributed by atoms with Crippen molar-refractivity contribution in [1.29, 1.82) is 0 Å². The molecular formula is C17H27N3O. The predicted molar refractivity (Wildman–Crippen MR) is 89.4 cm³/mol. The molecule has 4 heteroatoms. The van der Waals surface area contributed by atoms with Gasteiger partial charge in [0.05, 0.1) is 0 Å². The zero-order chi connectivity index (χ0) is 15.2. The lowest BCUT2D eigenvalue weighted by Crippen LogP contribution is -2.39. The molecule has 1 aromatic rings. The Balaban J connectivity index is 1.93. The standard InChI is InChI=1S/C17H27N3O/c1-4-19(5-2)13-15-8-10-20(11-9-15)17-7-6-16(18-21)12-14(17)3/h6-7,12,15H,4-5,8-11,13H2,1-3H3. The van der Waals surface area contributed by atoms with Gasteiger partial charge >= 0.3 is 0 Å². The molecule has 1 fully saturated rings. The van der Waals surface area contributed by atoms with Crippen LogP contribution in [0.4, 0.5) is 11.4 Å². The Morgan fingerprint density at radius 2 is 1.90 bits per heavy atom. The fraction of sp³-hybridized carbons (Fsp3) is 0.647. The molecule has 0 atom stereocenters. The van der Waals surface area contributed by atoms with Crippen molar-refractivity contribution in [3.05, 3.63) is 28.7 Å². The monoisotopic (exact) mass is 289 g/mol. The largest absolute Gasteiger partial charge is 0.371 e. The van der Waals surface area contributed by atoms with Crippen molar-refractivity contribution in [2.45, 2.75) is 33.6 Å². The lowest BCUT2D eigenvalue weighted by Gasteiger charge is -2.36. The molecule has 21 heavy (non-hydrogen) atoms. The highest BCUT2D eigenvalue weighted by Crippen LogP contribution is 2.29. The molecule has 0 aromatic heterocycles. The molecule has 1 saturated heterocycles. The van der Waals surface area contributed by atoms with E-state index in [4.69, 9.17) is 0 Å². The summed E-state index contributed by atoms with van der Waals surface area (Å²) in [5.74, 6) is 0.817. The van der Waals surface area contributed by atoms with Gasteiger partial charge in [-0.25, -0.2) is 0 Å². The van der Waals surface area contributed by atoms with Gasteiger partial charge in [0.1, 0.15) is 5.69 Å². The fourth-order valence-electron chi connectivity index (χ4n) is 3.25. The molecule has 1 aliphatic heterocycles. The first kappa shape index (κ1) is 16.0. The van der Waals surface area contributed by atoms with E-state index in [2.05, 4.69) is 35.7 Å². The Labute approximate surface area is 128 Å². The van der Waals surface area contributed by atoms with E-state index in [1.165, 1.54) is 25.1 Å². The van der Waals surface area contributed by atoms with E-state index in [1.807, 2.05) is 18.2 Å². The van der Waals surface area contributed by atoms with Crippen LogP contribution in [0.5, 0.6) is 0 Å². The number of anilines is 1. The Morgan fingerprint density at radius 1 is 1.24 bits per heavy atom. The number of hydrogen-bond donors (Lipinski definition) is 0. The Hall–Kier alpha value is -1.42. The molecule has 0 aliphatic carbocycles. The molecule has 4 nitrogen and oxygen atoms in total. The van der Waals surface area contributed by atoms with E-state index in [9.17, 15) is 4.91 Å². The summed E-state index contributed by atoms with van der Waals surface area (Å²) < 4.78 is 0. The van der Waals surface area contributed by atoms with Crippen LogP contribution in [0.25, 0.3) is 0 Å². The second kappa shape index (κ2) is 7.55. The second-order valence-electron chi connectivity index (χ2n) is 5.98. The molecule has 1 aliphatic rings. The number of rotatable bonds is 6. The highest BCUT2D eigenvalue weighted by atomic mass is 16.3. The minimum atomic E-state index is 0.521. The van der Waals surface area contributed by atoms with Crippen molar-refractivity contribution >= 4 is 11.4 Å². The van der Waals surface area contributed by atoms with Gasteiger partial charge in [-0.3, -0.25) is 0 Å². The quantitative estimate of drug-likeness (QED) is 0.744. The molecule has 0 N–H and O–H groups in total. The SMILES string of the molecule is CCN(CC)CC1CCN(c2ccc(N=O)cc2C)CC1. The van der Waals surface area contributed by atoms with Gasteiger partial charge in [0, 0.05) is 25.3 Å². The highest BCUT2D eigenvalue weighted by molar-refractivity contribution is 5.59. The van der Waals surface area contributed by atoms with Crippen LogP contribution in [0.15, 0.2) is 23.4 Å². The van der Waals surface area contributed by atoms with Crippen LogP contribution >= 0.6 is 0 Å². The van der Waals surface area contributed by atoms with E-state index >= 15 is 0 Å². The molecule has 1 aromatic carbocycles. The summed E-state index contributed by atoms with van der Waals surface area (Å²) in [5, 5.41) is 3.01. The van der Waals surface area contributed by atoms with Gasteiger partial charge in [-0.05, 0) is 67.7 Å². The summed E-state index contributed by atoms with van der Waals surface area (Å²) in [6, 6.07) is 5.73. The summed E-state index contributed by atoms with van der Waals surface area (Å²) in [6.45, 7) is 12.3. The minimum absolute atomic E-state index is 0.521. The summed E-state index contributed by atoms with van der Waals surface area (Å²) in [6.07, 6.45) is 2.51. The van der Waals surface area contributed by atoms with Crippen molar-refractivity contribution in [1.82, 2.24) is 4.90 Å². The van der Waals surface area contributed by atoms with E-state index in [0.29, 0.717) is 5.69 Å². The van der Waals surface area contributed by atoms with E-state index in [0.717, 1.165) is 37.7 Å². The highest BCUT2D eigenvalue weighted by Gasteiger charge is 2.21. The summed E-state index contributed by atoms with van der Waals surface area (Å²) in [7, 11) is 0. The number of piperidine rings is 1. The van der Waals surface area contributed by atoms with Crippen molar-refractivity contribution in [2.75, 3.05) is 37.6 Å². The van der Waals surface area contributed by atoms with Gasteiger partial charge in [-0.15, -0.1) is 4.91 Å². The second-order valence-corrected chi connectivity index (χ2v) is 5.98. The van der Waals surface area contributed by atoms with Crippen LogP contribution in [0.2, 0.25) is 0 Å². The topological polar surface area (TPSA) is 35.9 Å². The summed E-state index contributed by atoms with van der Waals surface area (Å²) >= 11 is 0. The number of aryl methyl sites for hydroxylation is 1.